The fraction of sp³-hybridized carbons (Fsp3) is 1.00. The molecular weight excluding hydrogens is 160 g/mol. The van der Waals surface area contributed by atoms with Gasteiger partial charge in [-0.3, -0.25) is 0 Å². The van der Waals surface area contributed by atoms with Crippen LogP contribution in [0, 0.1) is 0 Å². The van der Waals surface area contributed by atoms with Crippen LogP contribution >= 0.6 is 0 Å². The summed E-state index contributed by atoms with van der Waals surface area (Å²) in [6, 6.07) is 1.72. The molecule has 0 atom stereocenters. The van der Waals surface area contributed by atoms with Crippen LogP contribution in [0.15, 0.2) is 0 Å². The van der Waals surface area contributed by atoms with Crippen LogP contribution in [0.25, 0.3) is 0 Å². The molecule has 1 aliphatic heterocycles. The van der Waals surface area contributed by atoms with Gasteiger partial charge in [0.2, 0.25) is 0 Å². The SMILES string of the molecule is C1CC(NC2CC2)CCN1.CCC. The van der Waals surface area contributed by atoms with E-state index in [1.165, 1.54) is 45.2 Å². The van der Waals surface area contributed by atoms with Gasteiger partial charge in [0.05, 0.1) is 0 Å². The van der Waals surface area contributed by atoms with E-state index in [1.807, 2.05) is 0 Å². The average molecular weight is 184 g/mol. The first kappa shape index (κ1) is 11.0. The van der Waals surface area contributed by atoms with E-state index < -0.39 is 0 Å². The first-order valence-electron chi connectivity index (χ1n) is 5.83. The van der Waals surface area contributed by atoms with Crippen molar-refractivity contribution in [1.82, 2.24) is 10.6 Å². The third-order valence-electron chi connectivity index (χ3n) is 2.39. The topological polar surface area (TPSA) is 24.1 Å². The van der Waals surface area contributed by atoms with E-state index in [0.717, 1.165) is 12.1 Å². The first-order chi connectivity index (χ1) is 6.36. The quantitative estimate of drug-likeness (QED) is 0.685. The Balaban J connectivity index is 0.000000251. The predicted octanol–water partition coefficient (Wildman–Crippen LogP) is 1.91. The summed E-state index contributed by atoms with van der Waals surface area (Å²) >= 11 is 0. The largest absolute Gasteiger partial charge is 0.317 e. The zero-order valence-corrected chi connectivity index (χ0v) is 9.10. The Kier molecular flexibility index (Phi) is 5.40. The maximum Gasteiger partial charge on any atom is 0.00938 e. The highest BCUT2D eigenvalue weighted by Crippen LogP contribution is 2.20. The molecule has 2 fully saturated rings. The Bertz CT molecular complexity index is 115. The van der Waals surface area contributed by atoms with Crippen LogP contribution in [0.4, 0.5) is 0 Å². The zero-order chi connectivity index (χ0) is 9.52. The van der Waals surface area contributed by atoms with Crippen molar-refractivity contribution in [3.63, 3.8) is 0 Å². The minimum Gasteiger partial charge on any atom is -0.317 e. The molecule has 1 aliphatic carbocycles. The molecule has 78 valence electrons. The van der Waals surface area contributed by atoms with Crippen LogP contribution < -0.4 is 10.6 Å². The Labute approximate surface area is 82.5 Å². The second-order valence-electron chi connectivity index (χ2n) is 4.17. The molecule has 0 bridgehead atoms. The standard InChI is InChI=1S/C8H16N2.C3H8/c1-2-7(1)10-8-3-5-9-6-4-8;1-3-2/h7-10H,1-6H2;3H2,1-2H3. The van der Waals surface area contributed by atoms with E-state index >= 15 is 0 Å². The highest BCUT2D eigenvalue weighted by molar-refractivity contribution is 4.86. The van der Waals surface area contributed by atoms with E-state index in [4.69, 9.17) is 0 Å². The first-order valence-corrected chi connectivity index (χ1v) is 5.83. The van der Waals surface area contributed by atoms with Crippen molar-refractivity contribution in [2.45, 2.75) is 58.0 Å². The molecule has 2 nitrogen and oxygen atoms in total. The van der Waals surface area contributed by atoms with Crippen LogP contribution in [0.1, 0.15) is 46.0 Å². The van der Waals surface area contributed by atoms with E-state index in [0.29, 0.717) is 0 Å². The second kappa shape index (κ2) is 6.39. The van der Waals surface area contributed by atoms with E-state index in [1.54, 1.807) is 0 Å². The van der Waals surface area contributed by atoms with Gasteiger partial charge in [-0.25, -0.2) is 0 Å². The molecule has 1 heterocycles. The third kappa shape index (κ3) is 5.27. The molecule has 13 heavy (non-hydrogen) atoms. The zero-order valence-electron chi connectivity index (χ0n) is 9.10. The van der Waals surface area contributed by atoms with Gasteiger partial charge < -0.3 is 10.6 Å². The molecule has 0 unspecified atom stereocenters. The molecule has 1 saturated carbocycles. The van der Waals surface area contributed by atoms with E-state index in [9.17, 15) is 0 Å². The number of hydrogen-bond acceptors (Lipinski definition) is 2. The average Bonchev–Trinajstić information content (AvgIpc) is 2.92. The molecule has 0 aromatic carbocycles. The van der Waals surface area contributed by atoms with Crippen LogP contribution in [0.2, 0.25) is 0 Å². The predicted molar refractivity (Wildman–Crippen MR) is 58.0 cm³/mol. The second-order valence-corrected chi connectivity index (χ2v) is 4.17. The fourth-order valence-corrected chi connectivity index (χ4v) is 1.57. The van der Waals surface area contributed by atoms with Crippen LogP contribution in [-0.4, -0.2) is 25.2 Å². The highest BCUT2D eigenvalue weighted by Gasteiger charge is 2.24. The Hall–Kier alpha value is -0.0800. The van der Waals surface area contributed by atoms with Crippen molar-refractivity contribution in [2.24, 2.45) is 0 Å². The maximum atomic E-state index is 3.65. The molecule has 0 aromatic rings. The van der Waals surface area contributed by atoms with Crippen molar-refractivity contribution < 1.29 is 0 Å². The highest BCUT2D eigenvalue weighted by atomic mass is 15.0. The summed E-state index contributed by atoms with van der Waals surface area (Å²) in [5.41, 5.74) is 0. The summed E-state index contributed by atoms with van der Waals surface area (Å²) in [5.74, 6) is 0. The van der Waals surface area contributed by atoms with Gasteiger partial charge in [-0.2, -0.15) is 0 Å². The molecule has 0 aromatic heterocycles. The van der Waals surface area contributed by atoms with Gasteiger partial charge in [0.1, 0.15) is 0 Å². The van der Waals surface area contributed by atoms with Crippen LogP contribution in [0.3, 0.4) is 0 Å². The molecule has 2 N–H and O–H groups in total. The van der Waals surface area contributed by atoms with Gasteiger partial charge in [0.25, 0.3) is 0 Å². The van der Waals surface area contributed by atoms with Crippen molar-refractivity contribution in [2.75, 3.05) is 13.1 Å². The molecule has 2 heteroatoms. The smallest absolute Gasteiger partial charge is 0.00938 e. The number of nitrogens with one attached hydrogen (secondary N) is 2. The van der Waals surface area contributed by atoms with Crippen LogP contribution in [-0.2, 0) is 0 Å². The molecule has 0 radical (unpaired) electrons. The molecule has 0 spiro atoms. The summed E-state index contributed by atoms with van der Waals surface area (Å²) in [4.78, 5) is 0. The fourth-order valence-electron chi connectivity index (χ4n) is 1.57. The Morgan fingerprint density at radius 3 is 1.92 bits per heavy atom. The van der Waals surface area contributed by atoms with Crippen molar-refractivity contribution in [3.8, 4) is 0 Å². The summed E-state index contributed by atoms with van der Waals surface area (Å²) in [6.45, 7) is 6.68. The van der Waals surface area contributed by atoms with Crippen molar-refractivity contribution in [3.05, 3.63) is 0 Å². The van der Waals surface area contributed by atoms with Crippen molar-refractivity contribution >= 4 is 0 Å². The number of piperidine rings is 1. The Morgan fingerprint density at radius 1 is 1.00 bits per heavy atom. The number of rotatable bonds is 2. The van der Waals surface area contributed by atoms with Gasteiger partial charge in [-0.15, -0.1) is 0 Å². The van der Waals surface area contributed by atoms with Gasteiger partial charge in [-0.1, -0.05) is 20.3 Å². The van der Waals surface area contributed by atoms with Gasteiger partial charge >= 0.3 is 0 Å². The lowest BCUT2D eigenvalue weighted by Crippen LogP contribution is -2.40. The molecule has 0 amide bonds. The monoisotopic (exact) mass is 184 g/mol. The normalized spacial score (nSPS) is 23.5. The summed E-state index contributed by atoms with van der Waals surface area (Å²) in [6.07, 6.45) is 6.75. The lowest BCUT2D eigenvalue weighted by atomic mass is 10.1. The van der Waals surface area contributed by atoms with E-state index in [2.05, 4.69) is 24.5 Å². The van der Waals surface area contributed by atoms with Gasteiger partial charge in [-0.05, 0) is 38.8 Å². The number of hydrogen-bond donors (Lipinski definition) is 2. The third-order valence-corrected chi connectivity index (χ3v) is 2.39. The van der Waals surface area contributed by atoms with Crippen molar-refractivity contribution in [1.29, 1.82) is 0 Å². The van der Waals surface area contributed by atoms with Gasteiger partial charge in [0.15, 0.2) is 0 Å². The summed E-state index contributed by atoms with van der Waals surface area (Å²) in [7, 11) is 0. The minimum atomic E-state index is 0.828. The summed E-state index contributed by atoms with van der Waals surface area (Å²) in [5, 5.41) is 7.02. The maximum absolute atomic E-state index is 3.65. The molecule has 1 saturated heterocycles. The molecular formula is C11H24N2. The lowest BCUT2D eigenvalue weighted by Gasteiger charge is -2.23. The van der Waals surface area contributed by atoms with Crippen LogP contribution in [0.5, 0.6) is 0 Å². The molecule has 2 aliphatic rings. The minimum absolute atomic E-state index is 0.828. The molecule has 2 rings (SSSR count). The Morgan fingerprint density at radius 2 is 1.46 bits per heavy atom. The summed E-state index contributed by atoms with van der Waals surface area (Å²) < 4.78 is 0. The van der Waals surface area contributed by atoms with E-state index in [-0.39, 0.29) is 0 Å². The van der Waals surface area contributed by atoms with Gasteiger partial charge in [0, 0.05) is 12.1 Å². The lowest BCUT2D eigenvalue weighted by molar-refractivity contribution is 0.385.